The molecule has 0 bridgehead atoms. The van der Waals surface area contributed by atoms with Crippen molar-refractivity contribution in [2.24, 2.45) is 0 Å². The molecule has 0 radical (unpaired) electrons. The molecule has 2 rings (SSSR count). The Hall–Kier alpha value is -1.77. The Labute approximate surface area is 94.7 Å². The number of esters is 1. The van der Waals surface area contributed by atoms with E-state index in [0.29, 0.717) is 11.5 Å². The number of carbonyl (C=O) groups is 1. The molecule has 0 amide bonds. The van der Waals surface area contributed by atoms with Crippen molar-refractivity contribution in [2.45, 2.75) is 26.4 Å². The standard InChI is InChI=1S/C13H14O3/c1-13(2,3)16-12(14)11-10(15-11)9-7-5-4-6-8-9/h4-8H,1-3H3. The van der Waals surface area contributed by atoms with Crippen LogP contribution in [-0.2, 0) is 14.3 Å². The molecule has 3 nitrogen and oxygen atoms in total. The first-order valence-corrected chi connectivity index (χ1v) is 5.18. The van der Waals surface area contributed by atoms with E-state index in [-0.39, 0.29) is 0 Å². The first-order chi connectivity index (χ1) is 7.47. The molecule has 1 aromatic carbocycles. The van der Waals surface area contributed by atoms with Crippen molar-refractivity contribution in [3.63, 3.8) is 0 Å². The molecule has 0 N–H and O–H groups in total. The van der Waals surface area contributed by atoms with Crippen LogP contribution in [0.1, 0.15) is 26.3 Å². The molecule has 0 fully saturated rings. The second kappa shape index (κ2) is 3.67. The minimum Gasteiger partial charge on any atom is -0.454 e. The zero-order chi connectivity index (χ0) is 11.8. The summed E-state index contributed by atoms with van der Waals surface area (Å²) in [7, 11) is 0. The molecule has 1 heterocycles. The van der Waals surface area contributed by atoms with E-state index in [1.807, 2.05) is 51.1 Å². The van der Waals surface area contributed by atoms with E-state index in [9.17, 15) is 4.79 Å². The Morgan fingerprint density at radius 2 is 1.81 bits per heavy atom. The van der Waals surface area contributed by atoms with E-state index in [0.717, 1.165) is 5.56 Å². The highest BCUT2D eigenvalue weighted by molar-refractivity contribution is 6.01. The van der Waals surface area contributed by atoms with Gasteiger partial charge in [-0.1, -0.05) is 30.3 Å². The topological polar surface area (TPSA) is 38.8 Å². The summed E-state index contributed by atoms with van der Waals surface area (Å²) in [5.74, 6) is 0.544. The van der Waals surface area contributed by atoms with Crippen molar-refractivity contribution in [1.29, 1.82) is 0 Å². The summed E-state index contributed by atoms with van der Waals surface area (Å²) in [5, 5.41) is 0. The summed E-state index contributed by atoms with van der Waals surface area (Å²) in [6, 6.07) is 9.51. The molecule has 0 aliphatic carbocycles. The van der Waals surface area contributed by atoms with Gasteiger partial charge < -0.3 is 9.47 Å². The van der Waals surface area contributed by atoms with Crippen LogP contribution in [0.3, 0.4) is 0 Å². The SMILES string of the molecule is CC(C)(C)OC(=O)C1=C(c2ccccc2)O1. The highest BCUT2D eigenvalue weighted by Gasteiger charge is 2.36. The minimum atomic E-state index is -0.488. The van der Waals surface area contributed by atoms with Gasteiger partial charge in [0.1, 0.15) is 5.60 Å². The van der Waals surface area contributed by atoms with E-state index in [4.69, 9.17) is 9.47 Å². The summed E-state index contributed by atoms with van der Waals surface area (Å²) in [6.07, 6.45) is 0. The maximum atomic E-state index is 11.6. The lowest BCUT2D eigenvalue weighted by Gasteiger charge is -2.17. The molecule has 0 atom stereocenters. The van der Waals surface area contributed by atoms with E-state index in [2.05, 4.69) is 0 Å². The monoisotopic (exact) mass is 218 g/mol. The highest BCUT2D eigenvalue weighted by Crippen LogP contribution is 2.37. The summed E-state index contributed by atoms with van der Waals surface area (Å²) < 4.78 is 10.4. The lowest BCUT2D eigenvalue weighted by Crippen LogP contribution is -2.23. The van der Waals surface area contributed by atoms with Crippen LogP contribution in [-0.4, -0.2) is 11.6 Å². The molecule has 0 aromatic heterocycles. The van der Waals surface area contributed by atoms with E-state index in [1.165, 1.54) is 0 Å². The molecular formula is C13H14O3. The van der Waals surface area contributed by atoms with Crippen molar-refractivity contribution >= 4 is 11.7 Å². The second-order valence-corrected chi connectivity index (χ2v) is 4.63. The summed E-state index contributed by atoms with van der Waals surface area (Å²) >= 11 is 0. The Morgan fingerprint density at radius 1 is 1.19 bits per heavy atom. The van der Waals surface area contributed by atoms with E-state index >= 15 is 0 Å². The maximum Gasteiger partial charge on any atom is 0.378 e. The van der Waals surface area contributed by atoms with E-state index < -0.39 is 11.6 Å². The van der Waals surface area contributed by atoms with Crippen LogP contribution in [0.15, 0.2) is 36.1 Å². The first-order valence-electron chi connectivity index (χ1n) is 5.18. The molecule has 84 valence electrons. The maximum absolute atomic E-state index is 11.6. The molecule has 3 heteroatoms. The summed E-state index contributed by atoms with van der Waals surface area (Å²) in [4.78, 5) is 11.6. The Kier molecular flexibility index (Phi) is 2.46. The van der Waals surface area contributed by atoms with Crippen molar-refractivity contribution in [3.8, 4) is 0 Å². The van der Waals surface area contributed by atoms with E-state index in [1.54, 1.807) is 0 Å². The molecule has 0 spiro atoms. The largest absolute Gasteiger partial charge is 0.454 e. The van der Waals surface area contributed by atoms with Gasteiger partial charge in [0.15, 0.2) is 5.76 Å². The number of ether oxygens (including phenoxy) is 2. The first kappa shape index (κ1) is 10.7. The summed E-state index contributed by atoms with van der Waals surface area (Å²) in [5.41, 5.74) is 0.418. The van der Waals surface area contributed by atoms with Crippen molar-refractivity contribution < 1.29 is 14.3 Å². The fourth-order valence-electron chi connectivity index (χ4n) is 1.31. The number of hydrogen-bond donors (Lipinski definition) is 0. The molecule has 0 unspecified atom stereocenters. The lowest BCUT2D eigenvalue weighted by molar-refractivity contribution is -0.151. The van der Waals surface area contributed by atoms with Crippen molar-refractivity contribution in [3.05, 3.63) is 41.7 Å². The van der Waals surface area contributed by atoms with Crippen LogP contribution in [0.2, 0.25) is 0 Å². The Bertz CT molecular complexity index is 438. The molecule has 16 heavy (non-hydrogen) atoms. The summed E-state index contributed by atoms with van der Waals surface area (Å²) in [6.45, 7) is 5.49. The van der Waals surface area contributed by atoms with Crippen molar-refractivity contribution in [1.82, 2.24) is 0 Å². The number of hydrogen-bond acceptors (Lipinski definition) is 3. The van der Waals surface area contributed by atoms with Gasteiger partial charge in [-0.2, -0.15) is 0 Å². The van der Waals surface area contributed by atoms with Crippen LogP contribution < -0.4 is 0 Å². The van der Waals surface area contributed by atoms with Gasteiger partial charge in [0.2, 0.25) is 0 Å². The third-order valence-electron chi connectivity index (χ3n) is 1.99. The van der Waals surface area contributed by atoms with Crippen molar-refractivity contribution in [2.75, 3.05) is 0 Å². The molecule has 0 saturated carbocycles. The van der Waals surface area contributed by atoms with Gasteiger partial charge in [0.25, 0.3) is 5.76 Å². The van der Waals surface area contributed by atoms with Crippen LogP contribution in [0, 0.1) is 0 Å². The number of carbonyl (C=O) groups excluding carboxylic acids is 1. The molecule has 1 aliphatic rings. The third kappa shape index (κ3) is 2.42. The number of benzene rings is 1. The zero-order valence-corrected chi connectivity index (χ0v) is 9.61. The van der Waals surface area contributed by atoms with Gasteiger partial charge in [0.05, 0.1) is 0 Å². The van der Waals surface area contributed by atoms with Gasteiger partial charge >= 0.3 is 5.97 Å². The molecular weight excluding hydrogens is 204 g/mol. The van der Waals surface area contributed by atoms with Gasteiger partial charge in [-0.15, -0.1) is 0 Å². The second-order valence-electron chi connectivity index (χ2n) is 4.63. The van der Waals surface area contributed by atoms with Gasteiger partial charge in [-0.25, -0.2) is 4.79 Å². The number of rotatable bonds is 2. The molecule has 1 aliphatic heterocycles. The smallest absolute Gasteiger partial charge is 0.378 e. The van der Waals surface area contributed by atoms with Gasteiger partial charge in [-0.05, 0) is 20.8 Å². The normalized spacial score (nSPS) is 14.4. The van der Waals surface area contributed by atoms with Crippen LogP contribution in [0.25, 0.3) is 5.76 Å². The van der Waals surface area contributed by atoms with Crippen LogP contribution in [0.5, 0.6) is 0 Å². The average Bonchev–Trinajstić information content (AvgIpc) is 2.96. The quantitative estimate of drug-likeness (QED) is 0.716. The molecule has 1 aromatic rings. The van der Waals surface area contributed by atoms with Gasteiger partial charge in [-0.3, -0.25) is 0 Å². The Morgan fingerprint density at radius 3 is 2.38 bits per heavy atom. The fourth-order valence-corrected chi connectivity index (χ4v) is 1.31. The lowest BCUT2D eigenvalue weighted by atomic mass is 10.2. The van der Waals surface area contributed by atoms with Crippen LogP contribution >= 0.6 is 0 Å². The average molecular weight is 218 g/mol. The molecule has 0 saturated heterocycles. The fraction of sp³-hybridized carbons (Fsp3) is 0.308. The zero-order valence-electron chi connectivity index (χ0n) is 9.61. The van der Waals surface area contributed by atoms with Gasteiger partial charge in [0, 0.05) is 5.56 Å². The van der Waals surface area contributed by atoms with Crippen LogP contribution in [0.4, 0.5) is 0 Å². The Balaban J connectivity index is 2.10. The minimum absolute atomic E-state index is 0.320. The predicted octanol–water partition coefficient (Wildman–Crippen LogP) is 2.73. The predicted molar refractivity (Wildman–Crippen MR) is 60.3 cm³/mol. The third-order valence-corrected chi connectivity index (χ3v) is 1.99. The highest BCUT2D eigenvalue weighted by atomic mass is 16.6.